The van der Waals surface area contributed by atoms with Gasteiger partial charge in [0.25, 0.3) is 0 Å². The summed E-state index contributed by atoms with van der Waals surface area (Å²) in [5.74, 6) is 0.829. The van der Waals surface area contributed by atoms with Gasteiger partial charge in [-0.25, -0.2) is 0 Å². The molecule has 0 aliphatic heterocycles. The third-order valence-corrected chi connectivity index (χ3v) is 4.41. The van der Waals surface area contributed by atoms with Crippen molar-refractivity contribution in [1.82, 2.24) is 4.90 Å². The molecule has 2 N–H and O–H groups in total. The van der Waals surface area contributed by atoms with Gasteiger partial charge in [0.2, 0.25) is 0 Å². The minimum absolute atomic E-state index is 0.176. The summed E-state index contributed by atoms with van der Waals surface area (Å²) in [6, 6.07) is 5.83. The molecule has 0 heterocycles. The summed E-state index contributed by atoms with van der Waals surface area (Å²) in [7, 11) is 2.13. The van der Waals surface area contributed by atoms with Crippen LogP contribution in [0.2, 0.25) is 10.0 Å². The van der Waals surface area contributed by atoms with Crippen LogP contribution in [0, 0.1) is 5.92 Å². The summed E-state index contributed by atoms with van der Waals surface area (Å²) in [4.78, 5) is 2.32. The van der Waals surface area contributed by atoms with Crippen LogP contribution in [0.15, 0.2) is 18.2 Å². The maximum atomic E-state index is 6.26. The lowest BCUT2D eigenvalue weighted by molar-refractivity contribution is 0.165. The van der Waals surface area contributed by atoms with Crippen LogP contribution in [0.4, 0.5) is 0 Å². The molecule has 1 fully saturated rings. The summed E-state index contributed by atoms with van der Waals surface area (Å²) >= 11 is 12.2. The molecule has 1 aromatic carbocycles. The molecule has 18 heavy (non-hydrogen) atoms. The van der Waals surface area contributed by atoms with Crippen LogP contribution in [0.25, 0.3) is 0 Å². The van der Waals surface area contributed by atoms with Crippen LogP contribution in [0.3, 0.4) is 0 Å². The molecule has 100 valence electrons. The summed E-state index contributed by atoms with van der Waals surface area (Å²) < 4.78 is 0. The lowest BCUT2D eigenvalue weighted by Gasteiger charge is -2.35. The van der Waals surface area contributed by atoms with Crippen LogP contribution in [-0.2, 0) is 0 Å². The van der Waals surface area contributed by atoms with Gasteiger partial charge >= 0.3 is 0 Å². The van der Waals surface area contributed by atoms with Gasteiger partial charge in [0.1, 0.15) is 0 Å². The van der Waals surface area contributed by atoms with Crippen molar-refractivity contribution in [1.29, 1.82) is 0 Å². The fraction of sp³-hybridized carbons (Fsp3) is 0.571. The predicted octanol–water partition coefficient (Wildman–Crippen LogP) is 3.73. The summed E-state index contributed by atoms with van der Waals surface area (Å²) in [5.41, 5.74) is 6.99. The van der Waals surface area contributed by atoms with Crippen LogP contribution in [0.5, 0.6) is 0 Å². The van der Waals surface area contributed by atoms with Crippen molar-refractivity contribution < 1.29 is 0 Å². The Morgan fingerprint density at radius 3 is 2.61 bits per heavy atom. The number of hydrogen-bond donors (Lipinski definition) is 1. The van der Waals surface area contributed by atoms with E-state index >= 15 is 0 Å². The minimum Gasteiger partial charge on any atom is -0.329 e. The molecule has 0 saturated heterocycles. The number of rotatable bonds is 5. The van der Waals surface area contributed by atoms with E-state index in [1.54, 1.807) is 6.07 Å². The van der Waals surface area contributed by atoms with Crippen molar-refractivity contribution in [2.24, 2.45) is 11.7 Å². The first-order chi connectivity index (χ1) is 8.61. The van der Waals surface area contributed by atoms with E-state index in [2.05, 4.69) is 11.9 Å². The highest BCUT2D eigenvalue weighted by atomic mass is 35.5. The van der Waals surface area contributed by atoms with Crippen LogP contribution in [-0.4, -0.2) is 25.0 Å². The summed E-state index contributed by atoms with van der Waals surface area (Å²) in [6.07, 6.45) is 4.06. The summed E-state index contributed by atoms with van der Waals surface area (Å²) in [5, 5.41) is 1.37. The Hall–Kier alpha value is -0.280. The first-order valence-corrected chi connectivity index (χ1v) is 7.22. The van der Waals surface area contributed by atoms with Gasteiger partial charge in [-0.2, -0.15) is 0 Å². The first kappa shape index (κ1) is 14.1. The van der Waals surface area contributed by atoms with Crippen molar-refractivity contribution >= 4 is 23.2 Å². The molecule has 2 rings (SSSR count). The highest BCUT2D eigenvalue weighted by molar-refractivity contribution is 6.35. The van der Waals surface area contributed by atoms with E-state index in [1.165, 1.54) is 19.3 Å². The Morgan fingerprint density at radius 2 is 2.11 bits per heavy atom. The van der Waals surface area contributed by atoms with Gasteiger partial charge in [-0.15, -0.1) is 0 Å². The largest absolute Gasteiger partial charge is 0.329 e. The molecule has 0 aromatic heterocycles. The van der Waals surface area contributed by atoms with Crippen molar-refractivity contribution in [3.63, 3.8) is 0 Å². The SMILES string of the molecule is CN(CC1CCC1)C(CN)c1ccc(Cl)cc1Cl. The molecule has 2 nitrogen and oxygen atoms in total. The van der Waals surface area contributed by atoms with Gasteiger partial charge in [0.05, 0.1) is 0 Å². The highest BCUT2D eigenvalue weighted by Crippen LogP contribution is 2.32. The molecule has 1 atom stereocenters. The lowest BCUT2D eigenvalue weighted by Crippen LogP contribution is -2.36. The van der Waals surface area contributed by atoms with E-state index in [0.29, 0.717) is 16.6 Å². The minimum atomic E-state index is 0.176. The van der Waals surface area contributed by atoms with Gasteiger partial charge in [0, 0.05) is 29.2 Å². The van der Waals surface area contributed by atoms with E-state index in [4.69, 9.17) is 28.9 Å². The average molecular weight is 287 g/mol. The van der Waals surface area contributed by atoms with Gasteiger partial charge in [-0.05, 0) is 43.5 Å². The van der Waals surface area contributed by atoms with E-state index in [0.717, 1.165) is 18.0 Å². The third kappa shape index (κ3) is 3.18. The molecule has 1 saturated carbocycles. The van der Waals surface area contributed by atoms with Crippen LogP contribution < -0.4 is 5.73 Å². The number of hydrogen-bond acceptors (Lipinski definition) is 2. The van der Waals surface area contributed by atoms with E-state index in [1.807, 2.05) is 12.1 Å². The number of likely N-dealkylation sites (N-methyl/N-ethyl adjacent to an activating group) is 1. The van der Waals surface area contributed by atoms with Gasteiger partial charge in [-0.1, -0.05) is 35.7 Å². The second-order valence-corrected chi connectivity index (χ2v) is 6.00. The Kier molecular flexibility index (Phi) is 4.91. The molecule has 1 aliphatic rings. The van der Waals surface area contributed by atoms with Crippen LogP contribution in [0.1, 0.15) is 30.9 Å². The molecule has 0 bridgehead atoms. The van der Waals surface area contributed by atoms with Crippen molar-refractivity contribution in [2.75, 3.05) is 20.1 Å². The molecular weight excluding hydrogens is 267 g/mol. The topological polar surface area (TPSA) is 29.3 Å². The molecule has 0 amide bonds. The van der Waals surface area contributed by atoms with Crippen molar-refractivity contribution in [3.05, 3.63) is 33.8 Å². The monoisotopic (exact) mass is 286 g/mol. The van der Waals surface area contributed by atoms with Crippen molar-refractivity contribution in [2.45, 2.75) is 25.3 Å². The fourth-order valence-corrected chi connectivity index (χ4v) is 3.06. The molecule has 1 unspecified atom stereocenters. The molecular formula is C14H20Cl2N2. The van der Waals surface area contributed by atoms with Gasteiger partial charge in [0.15, 0.2) is 0 Å². The Bertz CT molecular complexity index is 405. The normalized spacial score (nSPS) is 17.8. The zero-order valence-corrected chi connectivity index (χ0v) is 12.2. The van der Waals surface area contributed by atoms with Gasteiger partial charge < -0.3 is 5.73 Å². The van der Waals surface area contributed by atoms with E-state index in [-0.39, 0.29) is 6.04 Å². The summed E-state index contributed by atoms with van der Waals surface area (Å²) in [6.45, 7) is 1.67. The highest BCUT2D eigenvalue weighted by Gasteiger charge is 2.24. The molecule has 1 aromatic rings. The van der Waals surface area contributed by atoms with E-state index in [9.17, 15) is 0 Å². The molecule has 0 radical (unpaired) electrons. The zero-order chi connectivity index (χ0) is 13.1. The second-order valence-electron chi connectivity index (χ2n) is 5.15. The fourth-order valence-electron chi connectivity index (χ4n) is 2.53. The molecule has 1 aliphatic carbocycles. The predicted molar refractivity (Wildman–Crippen MR) is 78.2 cm³/mol. The Balaban J connectivity index is 2.10. The second kappa shape index (κ2) is 6.25. The van der Waals surface area contributed by atoms with Gasteiger partial charge in [-0.3, -0.25) is 4.90 Å². The Morgan fingerprint density at radius 1 is 1.39 bits per heavy atom. The zero-order valence-electron chi connectivity index (χ0n) is 10.7. The van der Waals surface area contributed by atoms with E-state index < -0.39 is 0 Å². The first-order valence-electron chi connectivity index (χ1n) is 6.47. The molecule has 4 heteroatoms. The van der Waals surface area contributed by atoms with Crippen LogP contribution >= 0.6 is 23.2 Å². The maximum Gasteiger partial charge on any atom is 0.0482 e. The molecule has 0 spiro atoms. The number of nitrogens with two attached hydrogens (primary N) is 1. The lowest BCUT2D eigenvalue weighted by atomic mass is 9.85. The van der Waals surface area contributed by atoms with Crippen molar-refractivity contribution in [3.8, 4) is 0 Å². The standard InChI is InChI=1S/C14H20Cl2N2/c1-18(9-10-3-2-4-10)14(8-17)12-6-5-11(15)7-13(12)16/h5-7,10,14H,2-4,8-9,17H2,1H3. The quantitative estimate of drug-likeness (QED) is 0.894. The number of benzene rings is 1. The maximum absolute atomic E-state index is 6.26. The third-order valence-electron chi connectivity index (χ3n) is 3.85. The Labute approximate surface area is 119 Å². The number of halogens is 2. The number of nitrogens with zero attached hydrogens (tertiary/aromatic N) is 1. The average Bonchev–Trinajstić information content (AvgIpc) is 2.27. The smallest absolute Gasteiger partial charge is 0.0482 e.